The lowest BCUT2D eigenvalue weighted by Gasteiger charge is -2.31. The fourth-order valence-electron chi connectivity index (χ4n) is 2.28. The molecule has 0 aliphatic carbocycles. The Morgan fingerprint density at radius 3 is 2.40 bits per heavy atom. The first-order valence-corrected chi connectivity index (χ1v) is 8.17. The zero-order valence-corrected chi connectivity index (χ0v) is 14.8. The summed E-state index contributed by atoms with van der Waals surface area (Å²) in [6, 6.07) is 6.32. The third kappa shape index (κ3) is 5.27. The van der Waals surface area contributed by atoms with E-state index < -0.39 is 0 Å². The van der Waals surface area contributed by atoms with Crippen molar-refractivity contribution in [3.63, 3.8) is 0 Å². The molecule has 0 spiro atoms. The Hall–Kier alpha value is -0.240. The predicted octanol–water partition coefficient (Wildman–Crippen LogP) is 5.59. The molecule has 0 saturated heterocycles. The molecule has 2 unspecified atom stereocenters. The summed E-state index contributed by atoms with van der Waals surface area (Å²) in [5.41, 5.74) is 1.46. The van der Waals surface area contributed by atoms with Crippen LogP contribution >= 0.6 is 23.2 Å². The molecule has 1 aromatic rings. The Morgan fingerprint density at radius 1 is 1.20 bits per heavy atom. The lowest BCUT2D eigenvalue weighted by Crippen LogP contribution is -2.35. The fourth-order valence-corrected chi connectivity index (χ4v) is 2.68. The molecule has 0 saturated carbocycles. The summed E-state index contributed by atoms with van der Waals surface area (Å²) in [6.45, 7) is 12.3. The van der Waals surface area contributed by atoms with Gasteiger partial charge in [-0.05, 0) is 42.3 Å². The molecule has 1 N–H and O–H groups in total. The molecule has 0 heterocycles. The minimum Gasteiger partial charge on any atom is -0.314 e. The fraction of sp³-hybridized carbons (Fsp3) is 0.647. The molecule has 20 heavy (non-hydrogen) atoms. The summed E-state index contributed by atoms with van der Waals surface area (Å²) >= 11 is 12.4. The van der Waals surface area contributed by atoms with Crippen LogP contribution in [0.3, 0.4) is 0 Å². The molecule has 0 aromatic heterocycles. The monoisotopic (exact) mass is 315 g/mol. The minimum absolute atomic E-state index is 0.325. The van der Waals surface area contributed by atoms with Crippen molar-refractivity contribution < 1.29 is 0 Å². The molecule has 114 valence electrons. The number of benzene rings is 1. The molecule has 0 bridgehead atoms. The van der Waals surface area contributed by atoms with Gasteiger partial charge in [0, 0.05) is 6.04 Å². The Bertz CT molecular complexity index is 423. The molecule has 1 aromatic carbocycles. The zero-order chi connectivity index (χ0) is 15.3. The van der Waals surface area contributed by atoms with Crippen molar-refractivity contribution in [1.29, 1.82) is 0 Å². The Balaban J connectivity index is 2.79. The smallest absolute Gasteiger partial charge is 0.0624 e. The summed E-state index contributed by atoms with van der Waals surface area (Å²) in [7, 11) is 0. The van der Waals surface area contributed by atoms with E-state index in [4.69, 9.17) is 23.2 Å². The highest BCUT2D eigenvalue weighted by atomic mass is 35.5. The lowest BCUT2D eigenvalue weighted by molar-refractivity contribution is 0.222. The molecular formula is C17H27Cl2N. The van der Waals surface area contributed by atoms with Gasteiger partial charge in [-0.15, -0.1) is 0 Å². The van der Waals surface area contributed by atoms with Crippen molar-refractivity contribution in [1.82, 2.24) is 5.32 Å². The Morgan fingerprint density at radius 2 is 1.85 bits per heavy atom. The van der Waals surface area contributed by atoms with E-state index >= 15 is 0 Å². The predicted molar refractivity (Wildman–Crippen MR) is 90.9 cm³/mol. The highest BCUT2D eigenvalue weighted by molar-refractivity contribution is 6.42. The third-order valence-electron chi connectivity index (χ3n) is 4.11. The molecule has 3 heteroatoms. The van der Waals surface area contributed by atoms with Crippen LogP contribution in [0.5, 0.6) is 0 Å². The second-order valence-electron chi connectivity index (χ2n) is 6.67. The van der Waals surface area contributed by atoms with Gasteiger partial charge in [-0.1, -0.05) is 70.0 Å². The summed E-state index contributed by atoms with van der Waals surface area (Å²) in [4.78, 5) is 0. The number of hydrogen-bond acceptors (Lipinski definition) is 1. The van der Waals surface area contributed by atoms with Gasteiger partial charge in [-0.3, -0.25) is 0 Å². The van der Waals surface area contributed by atoms with Gasteiger partial charge in [0.15, 0.2) is 0 Å². The number of rotatable bonds is 6. The van der Waals surface area contributed by atoms with Gasteiger partial charge in [-0.25, -0.2) is 0 Å². The molecule has 0 fully saturated rings. The van der Waals surface area contributed by atoms with Crippen LogP contribution < -0.4 is 5.32 Å². The second kappa shape index (κ2) is 7.68. The molecule has 0 aliphatic heterocycles. The Kier molecular flexibility index (Phi) is 6.84. The van der Waals surface area contributed by atoms with Crippen LogP contribution in [0.15, 0.2) is 18.2 Å². The van der Waals surface area contributed by atoms with Crippen LogP contribution in [0.2, 0.25) is 10.0 Å². The summed E-state index contributed by atoms with van der Waals surface area (Å²) < 4.78 is 0. The number of nitrogens with one attached hydrogen (secondary N) is 1. The molecule has 0 aliphatic rings. The topological polar surface area (TPSA) is 12.0 Å². The van der Waals surface area contributed by atoms with E-state index in [1.54, 1.807) is 0 Å². The van der Waals surface area contributed by atoms with Crippen molar-refractivity contribution >= 4 is 23.2 Å². The van der Waals surface area contributed by atoms with Crippen molar-refractivity contribution in [3.8, 4) is 0 Å². The van der Waals surface area contributed by atoms with Gasteiger partial charge in [0.25, 0.3) is 0 Å². The SMILES string of the molecule is CCNC(Cc1cccc(Cl)c1Cl)CC(C)C(C)(C)C. The van der Waals surface area contributed by atoms with Gasteiger partial charge in [0.2, 0.25) is 0 Å². The van der Waals surface area contributed by atoms with E-state index in [9.17, 15) is 0 Å². The average Bonchev–Trinajstić information content (AvgIpc) is 2.34. The highest BCUT2D eigenvalue weighted by Crippen LogP contribution is 2.31. The van der Waals surface area contributed by atoms with E-state index in [1.807, 2.05) is 12.1 Å². The molecule has 1 nitrogen and oxygen atoms in total. The lowest BCUT2D eigenvalue weighted by atomic mass is 9.78. The van der Waals surface area contributed by atoms with E-state index in [2.05, 4.69) is 46.0 Å². The minimum atomic E-state index is 0.325. The standard InChI is InChI=1S/C17H27Cl2N/c1-6-20-14(10-12(2)17(3,4)5)11-13-8-7-9-15(18)16(13)19/h7-9,12,14,20H,6,10-11H2,1-5H3. The third-order valence-corrected chi connectivity index (χ3v) is 4.97. The van der Waals surface area contributed by atoms with Crippen LogP contribution in [0.4, 0.5) is 0 Å². The number of halogens is 2. The maximum atomic E-state index is 6.30. The first-order valence-electron chi connectivity index (χ1n) is 7.42. The quantitative estimate of drug-likeness (QED) is 0.721. The Labute approximate surface area is 134 Å². The van der Waals surface area contributed by atoms with Crippen LogP contribution in [-0.2, 0) is 6.42 Å². The molecular weight excluding hydrogens is 289 g/mol. The summed E-state index contributed by atoms with van der Waals surface area (Å²) in [6.07, 6.45) is 2.06. The van der Waals surface area contributed by atoms with Crippen molar-refractivity contribution in [2.75, 3.05) is 6.54 Å². The van der Waals surface area contributed by atoms with Gasteiger partial charge in [-0.2, -0.15) is 0 Å². The molecule has 0 radical (unpaired) electrons. The van der Waals surface area contributed by atoms with E-state index in [1.165, 1.54) is 0 Å². The van der Waals surface area contributed by atoms with Crippen LogP contribution in [0.1, 0.15) is 46.6 Å². The summed E-state index contributed by atoms with van der Waals surface area (Å²) in [5, 5.41) is 4.92. The molecule has 2 atom stereocenters. The second-order valence-corrected chi connectivity index (χ2v) is 7.46. The highest BCUT2D eigenvalue weighted by Gasteiger charge is 2.24. The van der Waals surface area contributed by atoms with Crippen LogP contribution in [0.25, 0.3) is 0 Å². The van der Waals surface area contributed by atoms with Crippen molar-refractivity contribution in [2.45, 2.75) is 53.5 Å². The van der Waals surface area contributed by atoms with Crippen LogP contribution in [0, 0.1) is 11.3 Å². The normalized spacial score (nSPS) is 15.2. The van der Waals surface area contributed by atoms with E-state index in [0.29, 0.717) is 27.4 Å². The van der Waals surface area contributed by atoms with Crippen molar-refractivity contribution in [3.05, 3.63) is 33.8 Å². The average molecular weight is 316 g/mol. The zero-order valence-electron chi connectivity index (χ0n) is 13.3. The van der Waals surface area contributed by atoms with E-state index in [-0.39, 0.29) is 0 Å². The maximum absolute atomic E-state index is 6.30. The number of likely N-dealkylation sites (N-methyl/N-ethyl adjacent to an activating group) is 1. The van der Waals surface area contributed by atoms with E-state index in [0.717, 1.165) is 24.9 Å². The van der Waals surface area contributed by atoms with Crippen molar-refractivity contribution in [2.24, 2.45) is 11.3 Å². The van der Waals surface area contributed by atoms with Gasteiger partial charge < -0.3 is 5.32 Å². The first kappa shape index (κ1) is 17.8. The first-order chi connectivity index (χ1) is 9.25. The van der Waals surface area contributed by atoms with Gasteiger partial charge >= 0.3 is 0 Å². The van der Waals surface area contributed by atoms with Crippen LogP contribution in [-0.4, -0.2) is 12.6 Å². The van der Waals surface area contributed by atoms with Gasteiger partial charge in [0.05, 0.1) is 10.0 Å². The molecule has 0 amide bonds. The maximum Gasteiger partial charge on any atom is 0.0624 e. The molecule has 1 rings (SSSR count). The summed E-state index contributed by atoms with van der Waals surface area (Å²) in [5.74, 6) is 0.643. The van der Waals surface area contributed by atoms with Gasteiger partial charge in [0.1, 0.15) is 0 Å². The largest absolute Gasteiger partial charge is 0.314 e. The number of hydrogen-bond donors (Lipinski definition) is 1.